The first-order chi connectivity index (χ1) is 8.72. The normalized spacial score (nSPS) is 9.94. The Labute approximate surface area is 114 Å². The molecule has 0 atom stereocenters. The summed E-state index contributed by atoms with van der Waals surface area (Å²) in [6, 6.07) is 7.62. The van der Waals surface area contributed by atoms with Gasteiger partial charge in [-0.2, -0.15) is 4.98 Å². The van der Waals surface area contributed by atoms with Crippen molar-refractivity contribution >= 4 is 33.4 Å². The van der Waals surface area contributed by atoms with Crippen LogP contribution in [0.3, 0.4) is 0 Å². The van der Waals surface area contributed by atoms with E-state index in [2.05, 4.69) is 36.5 Å². The number of hydrogen-bond donors (Lipinski definition) is 2. The highest BCUT2D eigenvalue weighted by atomic mass is 79.9. The molecule has 0 amide bonds. The SMILES string of the molecule is CNc1ncc(Br)c(Nc2ccc(OC)cc2)n1. The van der Waals surface area contributed by atoms with Crippen molar-refractivity contribution in [3.05, 3.63) is 34.9 Å². The zero-order valence-electron chi connectivity index (χ0n) is 10.1. The fraction of sp³-hybridized carbons (Fsp3) is 0.167. The van der Waals surface area contributed by atoms with Gasteiger partial charge in [0.1, 0.15) is 11.6 Å². The number of benzene rings is 1. The molecule has 0 spiro atoms. The molecule has 5 nitrogen and oxygen atoms in total. The Hall–Kier alpha value is -1.82. The average molecular weight is 309 g/mol. The molecule has 0 fully saturated rings. The predicted molar refractivity (Wildman–Crippen MR) is 75.6 cm³/mol. The maximum atomic E-state index is 5.11. The molecule has 0 bridgehead atoms. The molecule has 94 valence electrons. The molecule has 0 aliphatic rings. The Morgan fingerprint density at radius 2 is 1.94 bits per heavy atom. The summed E-state index contributed by atoms with van der Waals surface area (Å²) in [7, 11) is 3.42. The predicted octanol–water partition coefficient (Wildman–Crippen LogP) is 3.03. The van der Waals surface area contributed by atoms with E-state index in [-0.39, 0.29) is 0 Å². The van der Waals surface area contributed by atoms with Gasteiger partial charge in [0.2, 0.25) is 5.95 Å². The van der Waals surface area contributed by atoms with Crippen LogP contribution in [-0.2, 0) is 0 Å². The molecule has 2 rings (SSSR count). The van der Waals surface area contributed by atoms with Gasteiger partial charge in [0, 0.05) is 18.9 Å². The second-order valence-electron chi connectivity index (χ2n) is 3.49. The molecule has 2 aromatic rings. The lowest BCUT2D eigenvalue weighted by Crippen LogP contribution is -2.01. The maximum absolute atomic E-state index is 5.11. The lowest BCUT2D eigenvalue weighted by molar-refractivity contribution is 0.415. The number of rotatable bonds is 4. The van der Waals surface area contributed by atoms with Gasteiger partial charge in [-0.05, 0) is 40.2 Å². The quantitative estimate of drug-likeness (QED) is 0.909. The summed E-state index contributed by atoms with van der Waals surface area (Å²) < 4.78 is 5.91. The molecule has 0 saturated carbocycles. The molecule has 2 N–H and O–H groups in total. The van der Waals surface area contributed by atoms with Crippen molar-refractivity contribution in [2.24, 2.45) is 0 Å². The standard InChI is InChI=1S/C12H13BrN4O/c1-14-12-15-7-10(13)11(17-12)16-8-3-5-9(18-2)6-4-8/h3-7H,1-2H3,(H2,14,15,16,17). The van der Waals surface area contributed by atoms with E-state index < -0.39 is 0 Å². The number of aromatic nitrogens is 2. The van der Waals surface area contributed by atoms with E-state index in [0.29, 0.717) is 11.8 Å². The minimum atomic E-state index is 0.564. The van der Waals surface area contributed by atoms with E-state index in [1.165, 1.54) is 0 Å². The van der Waals surface area contributed by atoms with Crippen molar-refractivity contribution < 1.29 is 4.74 Å². The van der Waals surface area contributed by atoms with E-state index in [1.54, 1.807) is 20.4 Å². The van der Waals surface area contributed by atoms with Crippen LogP contribution < -0.4 is 15.4 Å². The Morgan fingerprint density at radius 1 is 1.22 bits per heavy atom. The summed E-state index contributed by atoms with van der Waals surface area (Å²) in [6.07, 6.45) is 1.70. The smallest absolute Gasteiger partial charge is 0.224 e. The molecule has 1 aromatic heterocycles. The maximum Gasteiger partial charge on any atom is 0.224 e. The average Bonchev–Trinajstić information content (AvgIpc) is 2.42. The monoisotopic (exact) mass is 308 g/mol. The van der Waals surface area contributed by atoms with Crippen LogP contribution in [0.2, 0.25) is 0 Å². The second kappa shape index (κ2) is 5.68. The number of nitrogens with zero attached hydrogens (tertiary/aromatic N) is 2. The minimum Gasteiger partial charge on any atom is -0.497 e. The fourth-order valence-corrected chi connectivity index (χ4v) is 1.68. The first kappa shape index (κ1) is 12.6. The Bertz CT molecular complexity index is 530. The molecule has 0 aliphatic heterocycles. The molecule has 1 aromatic carbocycles. The first-order valence-corrected chi connectivity index (χ1v) is 6.13. The number of hydrogen-bond acceptors (Lipinski definition) is 5. The molecule has 18 heavy (non-hydrogen) atoms. The van der Waals surface area contributed by atoms with Gasteiger partial charge in [-0.3, -0.25) is 0 Å². The number of nitrogens with one attached hydrogen (secondary N) is 2. The van der Waals surface area contributed by atoms with Gasteiger partial charge in [0.25, 0.3) is 0 Å². The van der Waals surface area contributed by atoms with Gasteiger partial charge in [0.05, 0.1) is 11.6 Å². The fourth-order valence-electron chi connectivity index (χ4n) is 1.39. The highest BCUT2D eigenvalue weighted by Gasteiger charge is 2.04. The van der Waals surface area contributed by atoms with Gasteiger partial charge in [-0.25, -0.2) is 4.98 Å². The highest BCUT2D eigenvalue weighted by molar-refractivity contribution is 9.10. The Kier molecular flexibility index (Phi) is 3.99. The molecule has 0 saturated heterocycles. The van der Waals surface area contributed by atoms with Crippen LogP contribution in [0.25, 0.3) is 0 Å². The van der Waals surface area contributed by atoms with Crippen LogP contribution >= 0.6 is 15.9 Å². The van der Waals surface area contributed by atoms with Gasteiger partial charge in [0.15, 0.2) is 0 Å². The summed E-state index contributed by atoms with van der Waals surface area (Å²) >= 11 is 3.41. The van der Waals surface area contributed by atoms with E-state index in [4.69, 9.17) is 4.74 Å². The summed E-state index contributed by atoms with van der Waals surface area (Å²) in [5.74, 6) is 2.09. The lowest BCUT2D eigenvalue weighted by atomic mass is 10.3. The molecular weight excluding hydrogens is 296 g/mol. The third-order valence-corrected chi connectivity index (χ3v) is 2.90. The third kappa shape index (κ3) is 2.89. The molecule has 0 unspecified atom stereocenters. The van der Waals surface area contributed by atoms with Gasteiger partial charge >= 0.3 is 0 Å². The van der Waals surface area contributed by atoms with Crippen LogP contribution in [0, 0.1) is 0 Å². The van der Waals surface area contributed by atoms with Crippen LogP contribution in [-0.4, -0.2) is 24.1 Å². The summed E-state index contributed by atoms with van der Waals surface area (Å²) in [5.41, 5.74) is 0.928. The van der Waals surface area contributed by atoms with E-state index in [9.17, 15) is 0 Å². The van der Waals surface area contributed by atoms with Crippen molar-refractivity contribution in [2.75, 3.05) is 24.8 Å². The van der Waals surface area contributed by atoms with Crippen molar-refractivity contribution in [2.45, 2.75) is 0 Å². The van der Waals surface area contributed by atoms with Gasteiger partial charge < -0.3 is 15.4 Å². The van der Waals surface area contributed by atoms with Gasteiger partial charge in [-0.1, -0.05) is 0 Å². The summed E-state index contributed by atoms with van der Waals surface area (Å²) in [4.78, 5) is 8.41. The van der Waals surface area contributed by atoms with Crippen molar-refractivity contribution in [1.29, 1.82) is 0 Å². The summed E-state index contributed by atoms with van der Waals surface area (Å²) in [6.45, 7) is 0. The number of anilines is 3. The topological polar surface area (TPSA) is 59.1 Å². The van der Waals surface area contributed by atoms with E-state index >= 15 is 0 Å². The molecule has 0 radical (unpaired) electrons. The van der Waals surface area contributed by atoms with E-state index in [0.717, 1.165) is 15.9 Å². The largest absolute Gasteiger partial charge is 0.497 e. The van der Waals surface area contributed by atoms with Crippen LogP contribution in [0.1, 0.15) is 0 Å². The Morgan fingerprint density at radius 3 is 2.56 bits per heavy atom. The van der Waals surface area contributed by atoms with Crippen molar-refractivity contribution in [3.63, 3.8) is 0 Å². The molecule has 0 aliphatic carbocycles. The minimum absolute atomic E-state index is 0.564. The molecular formula is C12H13BrN4O. The van der Waals surface area contributed by atoms with Crippen LogP contribution in [0.4, 0.5) is 17.5 Å². The van der Waals surface area contributed by atoms with Gasteiger partial charge in [-0.15, -0.1) is 0 Å². The van der Waals surface area contributed by atoms with Crippen molar-refractivity contribution in [1.82, 2.24) is 9.97 Å². The lowest BCUT2D eigenvalue weighted by Gasteiger charge is -2.09. The molecule has 1 heterocycles. The zero-order chi connectivity index (χ0) is 13.0. The van der Waals surface area contributed by atoms with Crippen molar-refractivity contribution in [3.8, 4) is 5.75 Å². The van der Waals surface area contributed by atoms with Crippen LogP contribution in [0.15, 0.2) is 34.9 Å². The highest BCUT2D eigenvalue weighted by Crippen LogP contribution is 2.25. The zero-order valence-corrected chi connectivity index (χ0v) is 11.7. The van der Waals surface area contributed by atoms with Crippen LogP contribution in [0.5, 0.6) is 5.75 Å². The molecule has 6 heteroatoms. The van der Waals surface area contributed by atoms with E-state index in [1.807, 2.05) is 24.3 Å². The Balaban J connectivity index is 2.21. The number of ether oxygens (including phenoxy) is 1. The first-order valence-electron chi connectivity index (χ1n) is 5.34. The second-order valence-corrected chi connectivity index (χ2v) is 4.35. The number of halogens is 1. The third-order valence-electron chi connectivity index (χ3n) is 2.32. The number of methoxy groups -OCH3 is 1. The summed E-state index contributed by atoms with van der Waals surface area (Å²) in [5, 5.41) is 6.10.